The third kappa shape index (κ3) is 5.46. The zero-order valence-electron chi connectivity index (χ0n) is 15.1. The Balaban J connectivity index is 0.000000298. The van der Waals surface area contributed by atoms with Crippen LogP contribution in [0.4, 0.5) is 11.4 Å². The average Bonchev–Trinajstić information content (AvgIpc) is 2.69. The summed E-state index contributed by atoms with van der Waals surface area (Å²) < 4.78 is 0. The Hall–Kier alpha value is -3.07. The van der Waals surface area contributed by atoms with Gasteiger partial charge in [-0.3, -0.25) is 4.98 Å². The fourth-order valence-corrected chi connectivity index (χ4v) is 2.43. The molecule has 4 rings (SSSR count). The average molecular weight is 464 g/mol. The molecule has 0 aliphatic rings. The number of phenols is 2. The van der Waals surface area contributed by atoms with Gasteiger partial charge in [-0.15, -0.1) is 10.2 Å². The van der Waals surface area contributed by atoms with E-state index in [1.165, 1.54) is 11.6 Å². The minimum absolute atomic E-state index is 0. The quantitative estimate of drug-likeness (QED) is 0.280. The SMILES string of the molecule is Cc1ccncc1.Oc1ccccc1N=Nc1c(O)ccc2ccccc12.[Pd]. The van der Waals surface area contributed by atoms with Gasteiger partial charge >= 0.3 is 0 Å². The van der Waals surface area contributed by atoms with Crippen LogP contribution >= 0.6 is 0 Å². The second-order valence-corrected chi connectivity index (χ2v) is 5.87. The van der Waals surface area contributed by atoms with Crippen molar-refractivity contribution in [3.63, 3.8) is 0 Å². The molecule has 0 atom stereocenters. The molecule has 0 bridgehead atoms. The molecule has 1 heterocycles. The van der Waals surface area contributed by atoms with Crippen LogP contribution in [0.2, 0.25) is 0 Å². The number of hydrogen-bond acceptors (Lipinski definition) is 5. The van der Waals surface area contributed by atoms with E-state index in [1.54, 1.807) is 36.7 Å². The molecular formula is C22H19N3O2Pd. The summed E-state index contributed by atoms with van der Waals surface area (Å²) in [5, 5.41) is 29.5. The summed E-state index contributed by atoms with van der Waals surface area (Å²) in [6, 6.07) is 21.6. The third-order valence-electron chi connectivity index (χ3n) is 3.87. The maximum Gasteiger partial charge on any atom is 0.143 e. The third-order valence-corrected chi connectivity index (χ3v) is 3.87. The molecule has 1 aromatic heterocycles. The number of azo groups is 1. The van der Waals surface area contributed by atoms with E-state index < -0.39 is 0 Å². The molecule has 0 amide bonds. The first-order valence-corrected chi connectivity index (χ1v) is 8.42. The number of fused-ring (bicyclic) bond motifs is 1. The van der Waals surface area contributed by atoms with Crippen molar-refractivity contribution in [1.29, 1.82) is 0 Å². The van der Waals surface area contributed by atoms with E-state index in [-0.39, 0.29) is 31.9 Å². The summed E-state index contributed by atoms with van der Waals surface area (Å²) in [6.07, 6.45) is 3.57. The second-order valence-electron chi connectivity index (χ2n) is 5.87. The molecule has 0 radical (unpaired) electrons. The van der Waals surface area contributed by atoms with Crippen LogP contribution in [0.5, 0.6) is 11.5 Å². The first-order chi connectivity index (χ1) is 13.1. The number of nitrogens with zero attached hydrogens (tertiary/aromatic N) is 3. The summed E-state index contributed by atoms with van der Waals surface area (Å²) in [7, 11) is 0. The van der Waals surface area contributed by atoms with Crippen molar-refractivity contribution >= 4 is 22.1 Å². The molecule has 0 spiro atoms. The van der Waals surface area contributed by atoms with Crippen LogP contribution in [-0.4, -0.2) is 15.2 Å². The predicted molar refractivity (Wildman–Crippen MR) is 107 cm³/mol. The smallest absolute Gasteiger partial charge is 0.143 e. The fourth-order valence-electron chi connectivity index (χ4n) is 2.43. The molecule has 0 aliphatic carbocycles. The van der Waals surface area contributed by atoms with Gasteiger partial charge in [-0.1, -0.05) is 42.5 Å². The van der Waals surface area contributed by atoms with Crippen LogP contribution in [0, 0.1) is 6.92 Å². The topological polar surface area (TPSA) is 78.1 Å². The Morgan fingerprint density at radius 2 is 1.39 bits per heavy atom. The van der Waals surface area contributed by atoms with Crippen molar-refractivity contribution in [3.05, 3.63) is 90.8 Å². The van der Waals surface area contributed by atoms with Crippen molar-refractivity contribution < 1.29 is 30.6 Å². The molecule has 0 saturated carbocycles. The zero-order chi connectivity index (χ0) is 19.1. The van der Waals surface area contributed by atoms with Gasteiger partial charge in [0.15, 0.2) is 0 Å². The van der Waals surface area contributed by atoms with Gasteiger partial charge in [-0.25, -0.2) is 0 Å². The number of phenolic OH excluding ortho intramolecular Hbond substituents is 2. The van der Waals surface area contributed by atoms with E-state index in [9.17, 15) is 10.2 Å². The zero-order valence-corrected chi connectivity index (χ0v) is 16.7. The predicted octanol–water partition coefficient (Wildman–Crippen LogP) is 6.05. The summed E-state index contributed by atoms with van der Waals surface area (Å²) >= 11 is 0. The molecule has 4 aromatic rings. The van der Waals surface area contributed by atoms with Crippen LogP contribution < -0.4 is 0 Å². The molecule has 0 unspecified atom stereocenters. The van der Waals surface area contributed by atoms with Gasteiger partial charge in [0.1, 0.15) is 22.9 Å². The standard InChI is InChI=1S/C16H12N2O2.C6H7N.Pd/c19-14-8-4-3-7-13(14)17-18-16-12-6-2-1-5-11(12)9-10-15(16)20;1-6-2-4-7-5-3-6;/h1-10,19-20H;2-5H,1H3;. The number of aromatic hydroxyl groups is 2. The van der Waals surface area contributed by atoms with E-state index in [0.717, 1.165) is 10.8 Å². The van der Waals surface area contributed by atoms with Crippen LogP contribution in [0.15, 0.2) is 95.4 Å². The Morgan fingerprint density at radius 3 is 2.07 bits per heavy atom. The van der Waals surface area contributed by atoms with Crippen molar-refractivity contribution in [3.8, 4) is 11.5 Å². The maximum absolute atomic E-state index is 9.94. The summed E-state index contributed by atoms with van der Waals surface area (Å²) in [4.78, 5) is 3.85. The van der Waals surface area contributed by atoms with Crippen molar-refractivity contribution in [2.45, 2.75) is 6.92 Å². The number of pyridine rings is 1. The van der Waals surface area contributed by atoms with Crippen molar-refractivity contribution in [2.24, 2.45) is 10.2 Å². The summed E-state index contributed by atoms with van der Waals surface area (Å²) in [6.45, 7) is 2.04. The van der Waals surface area contributed by atoms with E-state index in [2.05, 4.69) is 15.2 Å². The Morgan fingerprint density at radius 1 is 0.714 bits per heavy atom. The van der Waals surface area contributed by atoms with Crippen LogP contribution in [-0.2, 0) is 20.4 Å². The number of rotatable bonds is 2. The minimum Gasteiger partial charge on any atom is -0.506 e. The largest absolute Gasteiger partial charge is 0.506 e. The van der Waals surface area contributed by atoms with Gasteiger partial charge in [0.25, 0.3) is 0 Å². The number of aryl methyl sites for hydroxylation is 1. The molecule has 0 saturated heterocycles. The van der Waals surface area contributed by atoms with E-state index in [0.29, 0.717) is 11.4 Å². The van der Waals surface area contributed by atoms with Gasteiger partial charge in [0, 0.05) is 38.2 Å². The van der Waals surface area contributed by atoms with Crippen LogP contribution in [0.25, 0.3) is 10.8 Å². The van der Waals surface area contributed by atoms with Gasteiger partial charge < -0.3 is 10.2 Å². The van der Waals surface area contributed by atoms with E-state index >= 15 is 0 Å². The number of para-hydroxylation sites is 1. The molecule has 5 nitrogen and oxygen atoms in total. The van der Waals surface area contributed by atoms with Crippen LogP contribution in [0.3, 0.4) is 0 Å². The molecular weight excluding hydrogens is 445 g/mol. The maximum atomic E-state index is 9.94. The van der Waals surface area contributed by atoms with E-state index in [1.807, 2.05) is 49.4 Å². The van der Waals surface area contributed by atoms with Gasteiger partial charge in [0.05, 0.1) is 0 Å². The summed E-state index contributed by atoms with van der Waals surface area (Å²) in [5.41, 5.74) is 2.01. The molecule has 28 heavy (non-hydrogen) atoms. The normalized spacial score (nSPS) is 10.2. The first kappa shape index (κ1) is 21.2. The van der Waals surface area contributed by atoms with Crippen LogP contribution in [0.1, 0.15) is 5.56 Å². The van der Waals surface area contributed by atoms with Gasteiger partial charge in [0.2, 0.25) is 0 Å². The molecule has 6 heteroatoms. The molecule has 2 N–H and O–H groups in total. The van der Waals surface area contributed by atoms with Crippen molar-refractivity contribution in [2.75, 3.05) is 0 Å². The monoisotopic (exact) mass is 463 g/mol. The number of aromatic nitrogens is 1. The van der Waals surface area contributed by atoms with E-state index in [4.69, 9.17) is 0 Å². The minimum atomic E-state index is 0. The first-order valence-electron chi connectivity index (χ1n) is 8.42. The molecule has 0 fully saturated rings. The number of benzene rings is 3. The Kier molecular flexibility index (Phi) is 7.82. The van der Waals surface area contributed by atoms with Gasteiger partial charge in [-0.2, -0.15) is 0 Å². The second kappa shape index (κ2) is 10.3. The fraction of sp³-hybridized carbons (Fsp3) is 0.0455. The molecule has 144 valence electrons. The number of hydrogen-bond donors (Lipinski definition) is 2. The Labute approximate surface area is 177 Å². The molecule has 3 aromatic carbocycles. The van der Waals surface area contributed by atoms with Gasteiger partial charge in [-0.05, 0) is 48.2 Å². The molecule has 0 aliphatic heterocycles. The summed E-state index contributed by atoms with van der Waals surface area (Å²) in [5.74, 6) is 0.110. The Bertz CT molecular complexity index is 1070. The van der Waals surface area contributed by atoms with Crippen molar-refractivity contribution in [1.82, 2.24) is 4.98 Å².